The van der Waals surface area contributed by atoms with Crippen LogP contribution in [0.15, 0.2) is 17.4 Å². The minimum absolute atomic E-state index is 0.254. The van der Waals surface area contributed by atoms with Gasteiger partial charge in [-0.3, -0.25) is 4.79 Å². The van der Waals surface area contributed by atoms with E-state index in [0.29, 0.717) is 16.0 Å². The predicted molar refractivity (Wildman–Crippen MR) is 83.1 cm³/mol. The zero-order valence-corrected chi connectivity index (χ0v) is 13.5. The summed E-state index contributed by atoms with van der Waals surface area (Å²) in [6, 6.07) is 1.50. The summed E-state index contributed by atoms with van der Waals surface area (Å²) >= 11 is 12.9. The van der Waals surface area contributed by atoms with Crippen LogP contribution in [0.3, 0.4) is 0 Å². The van der Waals surface area contributed by atoms with Gasteiger partial charge in [0.05, 0.1) is 15.3 Å². The fourth-order valence-electron chi connectivity index (χ4n) is 1.37. The van der Waals surface area contributed by atoms with Crippen molar-refractivity contribution in [2.24, 2.45) is 0 Å². The highest BCUT2D eigenvalue weighted by atomic mass is 35.5. The predicted octanol–water partition coefficient (Wildman–Crippen LogP) is 2.12. The number of hydrogen-bond acceptors (Lipinski definition) is 6. The SMILES string of the molecule is Cc1nnc(S[C@H](C)C(=O)Nc2ncc(Cl)cc2Cl)n1N. The largest absolute Gasteiger partial charge is 0.336 e. The van der Waals surface area contributed by atoms with E-state index >= 15 is 0 Å². The summed E-state index contributed by atoms with van der Waals surface area (Å²) in [6.45, 7) is 3.44. The number of amides is 1. The lowest BCUT2D eigenvalue weighted by Gasteiger charge is -2.11. The third-order valence-corrected chi connectivity index (χ3v) is 4.09. The molecule has 0 bridgehead atoms. The number of pyridine rings is 1. The maximum atomic E-state index is 12.1. The topological polar surface area (TPSA) is 98.7 Å². The van der Waals surface area contributed by atoms with Gasteiger partial charge in [-0.2, -0.15) is 0 Å². The van der Waals surface area contributed by atoms with Gasteiger partial charge in [0.2, 0.25) is 11.1 Å². The van der Waals surface area contributed by atoms with Crippen molar-refractivity contribution in [3.63, 3.8) is 0 Å². The van der Waals surface area contributed by atoms with Gasteiger partial charge in [0.25, 0.3) is 0 Å². The van der Waals surface area contributed by atoms with Gasteiger partial charge in [-0.25, -0.2) is 9.66 Å². The second-order valence-electron chi connectivity index (χ2n) is 4.13. The summed E-state index contributed by atoms with van der Waals surface area (Å²) in [5.41, 5.74) is 0. The van der Waals surface area contributed by atoms with Gasteiger partial charge < -0.3 is 11.2 Å². The molecule has 1 amide bonds. The van der Waals surface area contributed by atoms with E-state index in [-0.39, 0.29) is 16.7 Å². The molecule has 2 aromatic rings. The average Bonchev–Trinajstić information content (AvgIpc) is 2.73. The molecule has 0 radical (unpaired) electrons. The maximum Gasteiger partial charge on any atom is 0.238 e. The number of aromatic nitrogens is 4. The summed E-state index contributed by atoms with van der Waals surface area (Å²) in [5, 5.41) is 11.0. The number of carbonyl (C=O) groups excluding carboxylic acids is 1. The summed E-state index contributed by atoms with van der Waals surface area (Å²) in [5.74, 6) is 6.27. The smallest absolute Gasteiger partial charge is 0.238 e. The molecule has 2 aromatic heterocycles. The molecular weight excluding hydrogens is 335 g/mol. The van der Waals surface area contributed by atoms with Crippen molar-refractivity contribution >= 4 is 46.7 Å². The molecule has 0 fully saturated rings. The van der Waals surface area contributed by atoms with Crippen LogP contribution in [0.25, 0.3) is 0 Å². The second-order valence-corrected chi connectivity index (χ2v) is 6.28. The van der Waals surface area contributed by atoms with Crippen molar-refractivity contribution in [1.29, 1.82) is 0 Å². The van der Waals surface area contributed by atoms with Gasteiger partial charge in [-0.15, -0.1) is 10.2 Å². The highest BCUT2D eigenvalue weighted by molar-refractivity contribution is 8.00. The minimum Gasteiger partial charge on any atom is -0.336 e. The van der Waals surface area contributed by atoms with E-state index in [4.69, 9.17) is 29.0 Å². The van der Waals surface area contributed by atoms with Gasteiger partial charge in [-0.1, -0.05) is 35.0 Å². The molecule has 112 valence electrons. The van der Waals surface area contributed by atoms with Crippen molar-refractivity contribution < 1.29 is 4.79 Å². The Kier molecular flexibility index (Phi) is 4.92. The van der Waals surface area contributed by atoms with Crippen molar-refractivity contribution in [3.05, 3.63) is 28.1 Å². The van der Waals surface area contributed by atoms with Crippen LogP contribution >= 0.6 is 35.0 Å². The van der Waals surface area contributed by atoms with Crippen molar-refractivity contribution in [3.8, 4) is 0 Å². The molecule has 0 unspecified atom stereocenters. The average molecular weight is 347 g/mol. The molecule has 0 saturated heterocycles. The maximum absolute atomic E-state index is 12.1. The van der Waals surface area contributed by atoms with Crippen LogP contribution < -0.4 is 11.2 Å². The summed E-state index contributed by atoms with van der Waals surface area (Å²) in [7, 11) is 0. The molecule has 2 rings (SSSR count). The Morgan fingerprint density at radius 3 is 2.76 bits per heavy atom. The van der Waals surface area contributed by atoms with Gasteiger partial charge in [0.1, 0.15) is 5.82 Å². The molecule has 3 N–H and O–H groups in total. The number of rotatable bonds is 4. The molecule has 0 aliphatic heterocycles. The number of nitrogen functional groups attached to an aromatic ring is 1. The van der Waals surface area contributed by atoms with Crippen molar-refractivity contribution in [1.82, 2.24) is 19.9 Å². The van der Waals surface area contributed by atoms with Gasteiger partial charge >= 0.3 is 0 Å². The zero-order chi connectivity index (χ0) is 15.6. The zero-order valence-electron chi connectivity index (χ0n) is 11.2. The molecule has 0 aliphatic rings. The molecule has 0 aromatic carbocycles. The fraction of sp³-hybridized carbons (Fsp3) is 0.273. The molecule has 21 heavy (non-hydrogen) atoms. The minimum atomic E-state index is -0.454. The number of nitrogens with one attached hydrogen (secondary N) is 1. The third-order valence-electron chi connectivity index (χ3n) is 2.54. The van der Waals surface area contributed by atoms with Crippen LogP contribution in [-0.4, -0.2) is 31.0 Å². The van der Waals surface area contributed by atoms with Crippen LogP contribution in [0.1, 0.15) is 12.7 Å². The molecule has 7 nitrogen and oxygen atoms in total. The van der Waals surface area contributed by atoms with E-state index in [1.807, 2.05) is 0 Å². The number of nitrogens with zero attached hydrogens (tertiary/aromatic N) is 4. The van der Waals surface area contributed by atoms with Gasteiger partial charge in [-0.05, 0) is 19.9 Å². The first kappa shape index (κ1) is 15.9. The molecule has 0 spiro atoms. The number of aryl methyl sites for hydroxylation is 1. The Morgan fingerprint density at radius 2 is 2.19 bits per heavy atom. The Balaban J connectivity index is 2.04. The van der Waals surface area contributed by atoms with E-state index in [9.17, 15) is 4.79 Å². The Morgan fingerprint density at radius 1 is 1.48 bits per heavy atom. The van der Waals surface area contributed by atoms with E-state index in [1.54, 1.807) is 13.8 Å². The highest BCUT2D eigenvalue weighted by Gasteiger charge is 2.19. The normalized spacial score (nSPS) is 12.2. The first-order valence-electron chi connectivity index (χ1n) is 5.84. The lowest BCUT2D eigenvalue weighted by atomic mass is 10.4. The number of halogens is 2. The van der Waals surface area contributed by atoms with Crippen molar-refractivity contribution in [2.45, 2.75) is 24.3 Å². The van der Waals surface area contributed by atoms with E-state index < -0.39 is 5.25 Å². The molecule has 2 heterocycles. The quantitative estimate of drug-likeness (QED) is 0.649. The van der Waals surface area contributed by atoms with Crippen molar-refractivity contribution in [2.75, 3.05) is 11.2 Å². The molecule has 0 aliphatic carbocycles. The van der Waals surface area contributed by atoms with E-state index in [2.05, 4.69) is 20.5 Å². The standard InChI is InChI=1S/C11H12Cl2N6OS/c1-5(21-11-18-17-6(2)19(11)14)10(20)16-9-8(13)3-7(12)4-15-9/h3-5H,14H2,1-2H3,(H,15,16,20)/t5-/m1/s1. The Labute approximate surface area is 135 Å². The first-order chi connectivity index (χ1) is 9.88. The number of hydrogen-bond donors (Lipinski definition) is 2. The number of nitrogens with two attached hydrogens (primary N) is 1. The van der Waals surface area contributed by atoms with Crippen LogP contribution in [0.2, 0.25) is 10.0 Å². The lowest BCUT2D eigenvalue weighted by molar-refractivity contribution is -0.115. The summed E-state index contributed by atoms with van der Waals surface area (Å²) < 4.78 is 1.32. The molecule has 1 atom stereocenters. The molecular formula is C11H12Cl2N6OS. The Bertz CT molecular complexity index is 677. The number of thioether (sulfide) groups is 1. The van der Waals surface area contributed by atoms with E-state index in [1.165, 1.54) is 28.7 Å². The first-order valence-corrected chi connectivity index (χ1v) is 7.47. The van der Waals surface area contributed by atoms with Crippen LogP contribution in [-0.2, 0) is 4.79 Å². The Hall–Kier alpha value is -1.51. The summed E-state index contributed by atoms with van der Waals surface area (Å²) in [4.78, 5) is 16.1. The summed E-state index contributed by atoms with van der Waals surface area (Å²) in [6.07, 6.45) is 1.40. The second kappa shape index (κ2) is 6.50. The van der Waals surface area contributed by atoms with Crippen LogP contribution in [0.5, 0.6) is 0 Å². The van der Waals surface area contributed by atoms with Gasteiger partial charge in [0.15, 0.2) is 5.82 Å². The highest BCUT2D eigenvalue weighted by Crippen LogP contribution is 2.25. The molecule has 10 heteroatoms. The number of anilines is 1. The monoisotopic (exact) mass is 346 g/mol. The number of carbonyl (C=O) groups is 1. The third kappa shape index (κ3) is 3.78. The van der Waals surface area contributed by atoms with Gasteiger partial charge in [0, 0.05) is 6.20 Å². The lowest BCUT2D eigenvalue weighted by Crippen LogP contribution is -2.24. The fourth-order valence-corrected chi connectivity index (χ4v) is 2.61. The van der Waals surface area contributed by atoms with Crippen LogP contribution in [0.4, 0.5) is 5.82 Å². The molecule has 0 saturated carbocycles. The van der Waals surface area contributed by atoms with Crippen LogP contribution in [0, 0.1) is 6.92 Å². The van der Waals surface area contributed by atoms with E-state index in [0.717, 1.165) is 0 Å².